The van der Waals surface area contributed by atoms with Crippen molar-refractivity contribution in [3.05, 3.63) is 0 Å². The van der Waals surface area contributed by atoms with Crippen LogP contribution >= 0.6 is 0 Å². The fourth-order valence-corrected chi connectivity index (χ4v) is 4.56. The molecular formula is C20H33N3O6. The van der Waals surface area contributed by atoms with Gasteiger partial charge in [-0.25, -0.2) is 4.79 Å². The van der Waals surface area contributed by atoms with E-state index < -0.39 is 35.3 Å². The first-order valence-corrected chi connectivity index (χ1v) is 10.5. The van der Waals surface area contributed by atoms with E-state index in [2.05, 4.69) is 0 Å². The normalized spacial score (nSPS) is 25.9. The van der Waals surface area contributed by atoms with Crippen molar-refractivity contribution in [1.29, 1.82) is 0 Å². The predicted molar refractivity (Wildman–Crippen MR) is 105 cm³/mol. The first kappa shape index (κ1) is 23.3. The molecule has 29 heavy (non-hydrogen) atoms. The predicted octanol–water partition coefficient (Wildman–Crippen LogP) is 0.848. The lowest BCUT2D eigenvalue weighted by molar-refractivity contribution is -0.163. The van der Waals surface area contributed by atoms with Gasteiger partial charge in [0.25, 0.3) is 0 Å². The lowest BCUT2D eigenvalue weighted by atomic mass is 9.85. The second kappa shape index (κ2) is 10.2. The van der Waals surface area contributed by atoms with Crippen molar-refractivity contribution in [2.75, 3.05) is 19.6 Å². The first-order chi connectivity index (χ1) is 13.7. The van der Waals surface area contributed by atoms with E-state index in [9.17, 15) is 24.3 Å². The number of amides is 1. The Bertz CT molecular complexity index is 638. The number of likely N-dealkylation sites (tertiary alicyclic amines) is 2. The fraction of sp³-hybridized carbons (Fsp3) is 0.800. The zero-order valence-electron chi connectivity index (χ0n) is 17.1. The minimum absolute atomic E-state index is 0.0142. The van der Waals surface area contributed by atoms with E-state index in [1.54, 1.807) is 6.92 Å². The summed E-state index contributed by atoms with van der Waals surface area (Å²) in [5.74, 6) is -2.86. The average molecular weight is 411 g/mol. The summed E-state index contributed by atoms with van der Waals surface area (Å²) in [6, 6.07) is -0.923. The Balaban J connectivity index is 2.09. The molecule has 1 amide bonds. The Morgan fingerprint density at radius 2 is 1.83 bits per heavy atom. The van der Waals surface area contributed by atoms with Gasteiger partial charge >= 0.3 is 11.9 Å². The summed E-state index contributed by atoms with van der Waals surface area (Å²) in [5.41, 5.74) is 3.92. The maximum atomic E-state index is 13.5. The molecule has 1 unspecified atom stereocenters. The molecule has 0 saturated carbocycles. The van der Waals surface area contributed by atoms with Crippen LogP contribution < -0.4 is 5.73 Å². The molecule has 2 saturated heterocycles. The molecule has 4 N–H and O–H groups in total. The molecule has 2 rings (SSSR count). The number of hydrogen-bond acceptors (Lipinski definition) is 6. The number of carbonyl (C=O) groups excluding carboxylic acids is 2. The van der Waals surface area contributed by atoms with Gasteiger partial charge in [0.2, 0.25) is 11.4 Å². The van der Waals surface area contributed by atoms with Gasteiger partial charge in [-0.1, -0.05) is 6.42 Å². The van der Waals surface area contributed by atoms with E-state index in [1.165, 1.54) is 4.90 Å². The number of Topliss-reactive ketones (excluding diaryl/α,β-unsaturated/α-hetero) is 1. The van der Waals surface area contributed by atoms with Gasteiger partial charge in [-0.2, -0.15) is 0 Å². The van der Waals surface area contributed by atoms with Crippen molar-refractivity contribution < 1.29 is 29.4 Å². The molecule has 0 aliphatic carbocycles. The van der Waals surface area contributed by atoms with E-state index in [-0.39, 0.29) is 31.7 Å². The molecular weight excluding hydrogens is 378 g/mol. The van der Waals surface area contributed by atoms with Crippen LogP contribution in [0.15, 0.2) is 0 Å². The maximum Gasteiger partial charge on any atom is 0.337 e. The number of carbonyl (C=O) groups is 4. The first-order valence-electron chi connectivity index (χ1n) is 10.5. The van der Waals surface area contributed by atoms with Gasteiger partial charge in [0.05, 0.1) is 6.04 Å². The number of carboxylic acids is 2. The summed E-state index contributed by atoms with van der Waals surface area (Å²) in [4.78, 5) is 52.2. The molecule has 0 aromatic heterocycles. The zero-order chi connectivity index (χ0) is 21.6. The summed E-state index contributed by atoms with van der Waals surface area (Å²) in [5, 5.41) is 18.7. The smallest absolute Gasteiger partial charge is 0.337 e. The van der Waals surface area contributed by atoms with E-state index in [0.29, 0.717) is 32.4 Å². The second-order valence-electron chi connectivity index (χ2n) is 8.26. The van der Waals surface area contributed by atoms with Crippen molar-refractivity contribution in [1.82, 2.24) is 9.80 Å². The molecule has 2 heterocycles. The third-order valence-electron chi connectivity index (χ3n) is 5.94. The number of ketones is 1. The number of aliphatic carboxylic acids is 2. The minimum Gasteiger partial charge on any atom is -0.481 e. The largest absolute Gasteiger partial charge is 0.481 e. The summed E-state index contributed by atoms with van der Waals surface area (Å²) in [7, 11) is 0. The SMILES string of the molecule is CC(N)CC(=O)N1CCC[C@]1(C(=O)O)C(=O)[C@@H]1CCCN1CCCCCC(=O)O. The highest BCUT2D eigenvalue weighted by molar-refractivity contribution is 6.12. The molecule has 2 aliphatic rings. The molecule has 9 heteroatoms. The van der Waals surface area contributed by atoms with Crippen molar-refractivity contribution in [3.63, 3.8) is 0 Å². The molecule has 0 radical (unpaired) electrons. The lowest BCUT2D eigenvalue weighted by Crippen LogP contribution is -2.63. The number of nitrogens with zero attached hydrogens (tertiary/aromatic N) is 2. The molecule has 2 aliphatic heterocycles. The summed E-state index contributed by atoms with van der Waals surface area (Å²) < 4.78 is 0. The van der Waals surface area contributed by atoms with Crippen LogP contribution in [0.2, 0.25) is 0 Å². The highest BCUT2D eigenvalue weighted by atomic mass is 16.4. The zero-order valence-corrected chi connectivity index (χ0v) is 17.1. The molecule has 164 valence electrons. The molecule has 2 fully saturated rings. The highest BCUT2D eigenvalue weighted by Crippen LogP contribution is 2.35. The average Bonchev–Trinajstić information content (AvgIpc) is 3.27. The highest BCUT2D eigenvalue weighted by Gasteiger charge is 2.58. The third kappa shape index (κ3) is 5.33. The van der Waals surface area contributed by atoms with Crippen LogP contribution in [0.1, 0.15) is 64.7 Å². The standard InChI is InChI=1S/C20H33N3O6/c1-14(21)13-16(24)23-12-6-9-20(23,19(28)29)18(27)15-7-5-11-22(15)10-4-2-3-8-17(25)26/h14-15H,2-13,21H2,1H3,(H,25,26)(H,28,29)/t14?,15-,20+/m0/s1. The third-order valence-corrected chi connectivity index (χ3v) is 5.94. The van der Waals surface area contributed by atoms with E-state index in [4.69, 9.17) is 10.8 Å². The van der Waals surface area contributed by atoms with E-state index in [1.807, 2.05) is 4.90 Å². The van der Waals surface area contributed by atoms with Crippen molar-refractivity contribution >= 4 is 23.6 Å². The van der Waals surface area contributed by atoms with Gasteiger partial charge in [-0.15, -0.1) is 0 Å². The Morgan fingerprint density at radius 3 is 2.45 bits per heavy atom. The number of carboxylic acid groups (broad SMARTS) is 2. The van der Waals surface area contributed by atoms with Gasteiger partial charge in [0.15, 0.2) is 5.78 Å². The van der Waals surface area contributed by atoms with Crippen LogP contribution in [0, 0.1) is 0 Å². The van der Waals surface area contributed by atoms with Crippen LogP contribution in [0.4, 0.5) is 0 Å². The molecule has 9 nitrogen and oxygen atoms in total. The topological polar surface area (TPSA) is 141 Å². The molecule has 0 aromatic rings. The summed E-state index contributed by atoms with van der Waals surface area (Å²) in [6.07, 6.45) is 4.21. The molecule has 3 atom stereocenters. The van der Waals surface area contributed by atoms with Gasteiger partial charge < -0.3 is 20.8 Å². The Hall–Kier alpha value is -2.00. The fourth-order valence-electron chi connectivity index (χ4n) is 4.56. The monoisotopic (exact) mass is 411 g/mol. The van der Waals surface area contributed by atoms with Gasteiger partial charge in [-0.3, -0.25) is 19.3 Å². The van der Waals surface area contributed by atoms with Crippen LogP contribution in [0.5, 0.6) is 0 Å². The lowest BCUT2D eigenvalue weighted by Gasteiger charge is -2.37. The van der Waals surface area contributed by atoms with Gasteiger partial charge in [-0.05, 0) is 58.5 Å². The second-order valence-corrected chi connectivity index (χ2v) is 8.26. The molecule has 0 spiro atoms. The Morgan fingerprint density at radius 1 is 1.10 bits per heavy atom. The van der Waals surface area contributed by atoms with E-state index in [0.717, 1.165) is 19.3 Å². The Kier molecular flexibility index (Phi) is 8.15. The molecule has 0 bridgehead atoms. The van der Waals surface area contributed by atoms with Crippen LogP contribution in [-0.4, -0.2) is 80.9 Å². The van der Waals surface area contributed by atoms with Crippen molar-refractivity contribution in [2.24, 2.45) is 5.73 Å². The Labute approximate surface area is 171 Å². The van der Waals surface area contributed by atoms with Crippen molar-refractivity contribution in [3.8, 4) is 0 Å². The molecule has 0 aromatic carbocycles. The van der Waals surface area contributed by atoms with E-state index >= 15 is 0 Å². The number of rotatable bonds is 11. The van der Waals surface area contributed by atoms with Crippen molar-refractivity contribution in [2.45, 2.75) is 82.3 Å². The number of hydrogen-bond donors (Lipinski definition) is 3. The number of nitrogens with two attached hydrogens (primary N) is 1. The maximum absolute atomic E-state index is 13.5. The minimum atomic E-state index is -1.80. The summed E-state index contributed by atoms with van der Waals surface area (Å²) >= 11 is 0. The van der Waals surface area contributed by atoms with Gasteiger partial charge in [0.1, 0.15) is 0 Å². The summed E-state index contributed by atoms with van der Waals surface area (Å²) in [6.45, 7) is 3.27. The van der Waals surface area contributed by atoms with Crippen LogP contribution in [0.3, 0.4) is 0 Å². The van der Waals surface area contributed by atoms with Crippen LogP contribution in [0.25, 0.3) is 0 Å². The van der Waals surface area contributed by atoms with Gasteiger partial charge in [0, 0.05) is 25.4 Å². The van der Waals surface area contributed by atoms with Crippen LogP contribution in [-0.2, 0) is 19.2 Å². The quantitative estimate of drug-likeness (QED) is 0.336. The number of unbranched alkanes of at least 4 members (excludes halogenated alkanes) is 2.